The van der Waals surface area contributed by atoms with Crippen LogP contribution in [0, 0.1) is 0 Å². The number of hydrogen-bond acceptors (Lipinski definition) is 6. The van der Waals surface area contributed by atoms with Gasteiger partial charge in [-0.05, 0) is 17.7 Å². The molecule has 3 N–H and O–H groups in total. The average molecular weight is 332 g/mol. The molecule has 0 aliphatic carbocycles. The highest BCUT2D eigenvalue weighted by atomic mass is 32.1. The second-order valence-electron chi connectivity index (χ2n) is 5.28. The molecule has 2 aromatic rings. The molecule has 7 nitrogen and oxygen atoms in total. The van der Waals surface area contributed by atoms with Crippen LogP contribution in [0.4, 0.5) is 5.13 Å². The molecule has 1 aliphatic rings. The smallest absolute Gasteiger partial charge is 0.191 e. The fourth-order valence-electron chi connectivity index (χ4n) is 2.47. The van der Waals surface area contributed by atoms with Gasteiger partial charge in [0.1, 0.15) is 0 Å². The molecule has 1 unspecified atom stereocenters. The zero-order valence-electron chi connectivity index (χ0n) is 12.7. The van der Waals surface area contributed by atoms with E-state index in [1.165, 1.54) is 0 Å². The first-order valence-corrected chi connectivity index (χ1v) is 8.39. The van der Waals surface area contributed by atoms with Crippen molar-refractivity contribution in [3.8, 4) is 0 Å². The zero-order chi connectivity index (χ0) is 16.1. The molecule has 0 saturated carbocycles. The lowest BCUT2D eigenvalue weighted by atomic mass is 10.1. The molecular weight excluding hydrogens is 312 g/mol. The number of aliphatic hydroxyl groups is 1. The third-order valence-electron chi connectivity index (χ3n) is 3.81. The van der Waals surface area contributed by atoms with E-state index in [4.69, 9.17) is 5.73 Å². The Kier molecular flexibility index (Phi) is 5.04. The molecule has 0 amide bonds. The van der Waals surface area contributed by atoms with Gasteiger partial charge in [-0.25, -0.2) is 4.98 Å². The molecule has 8 heteroatoms. The number of rotatable bonds is 4. The Balaban J connectivity index is 1.51. The van der Waals surface area contributed by atoms with Crippen LogP contribution in [0.5, 0.6) is 0 Å². The summed E-state index contributed by atoms with van der Waals surface area (Å²) >= 11 is 1.65. The van der Waals surface area contributed by atoms with Gasteiger partial charge in [-0.1, -0.05) is 0 Å². The first-order valence-electron chi connectivity index (χ1n) is 7.51. The number of aliphatic imine (C=N–C) groups is 1. The summed E-state index contributed by atoms with van der Waals surface area (Å²) in [6.45, 7) is 3.61. The molecule has 23 heavy (non-hydrogen) atoms. The van der Waals surface area contributed by atoms with Crippen molar-refractivity contribution < 1.29 is 5.11 Å². The topological polar surface area (TPSA) is 90.9 Å². The van der Waals surface area contributed by atoms with Crippen LogP contribution >= 0.6 is 11.3 Å². The number of pyridine rings is 1. The van der Waals surface area contributed by atoms with E-state index in [9.17, 15) is 5.11 Å². The average Bonchev–Trinajstić information content (AvgIpc) is 3.15. The van der Waals surface area contributed by atoms with Crippen LogP contribution in [0.15, 0.2) is 41.1 Å². The van der Waals surface area contributed by atoms with Crippen LogP contribution in [0.25, 0.3) is 0 Å². The van der Waals surface area contributed by atoms with Crippen molar-refractivity contribution in [1.29, 1.82) is 0 Å². The lowest BCUT2D eigenvalue weighted by molar-refractivity contribution is 0.186. The number of nitrogens with two attached hydrogens (primary N) is 1. The molecule has 3 heterocycles. The van der Waals surface area contributed by atoms with Gasteiger partial charge < -0.3 is 20.6 Å². The normalized spacial score (nSPS) is 17.3. The summed E-state index contributed by atoms with van der Waals surface area (Å²) < 4.78 is 0. The highest BCUT2D eigenvalue weighted by molar-refractivity contribution is 7.13. The molecule has 0 radical (unpaired) electrons. The number of aromatic nitrogens is 2. The molecule has 1 saturated heterocycles. The Morgan fingerprint density at radius 3 is 2.65 bits per heavy atom. The third kappa shape index (κ3) is 3.96. The molecule has 1 atom stereocenters. The van der Waals surface area contributed by atoms with Gasteiger partial charge >= 0.3 is 0 Å². The highest BCUT2D eigenvalue weighted by Crippen LogP contribution is 2.19. The fourth-order valence-corrected chi connectivity index (χ4v) is 3.17. The molecule has 1 fully saturated rings. The standard InChI is InChI=1S/C15H20N6OS/c16-14(19-11-13(22)12-1-3-17-4-2-12)20-6-8-21(9-7-20)15-18-5-10-23-15/h1-5,10,13,22H,6-9,11H2,(H2,16,19). The van der Waals surface area contributed by atoms with Crippen molar-refractivity contribution in [2.24, 2.45) is 10.7 Å². The maximum atomic E-state index is 10.1. The van der Waals surface area contributed by atoms with E-state index in [0.717, 1.165) is 36.9 Å². The summed E-state index contributed by atoms with van der Waals surface area (Å²) in [4.78, 5) is 16.9. The number of anilines is 1. The monoisotopic (exact) mass is 332 g/mol. The van der Waals surface area contributed by atoms with E-state index in [1.807, 2.05) is 16.5 Å². The molecular formula is C15H20N6OS. The molecule has 0 bridgehead atoms. The number of piperazine rings is 1. The second kappa shape index (κ2) is 7.38. The Bertz CT molecular complexity index is 625. The molecule has 2 aromatic heterocycles. The minimum atomic E-state index is -0.659. The van der Waals surface area contributed by atoms with Crippen molar-refractivity contribution in [2.75, 3.05) is 37.6 Å². The predicted molar refractivity (Wildman–Crippen MR) is 91.6 cm³/mol. The number of hydrogen-bond donors (Lipinski definition) is 2. The van der Waals surface area contributed by atoms with Crippen molar-refractivity contribution in [3.05, 3.63) is 41.7 Å². The van der Waals surface area contributed by atoms with E-state index in [0.29, 0.717) is 5.96 Å². The van der Waals surface area contributed by atoms with Crippen LogP contribution in [0.1, 0.15) is 11.7 Å². The Hall–Kier alpha value is -2.19. The van der Waals surface area contributed by atoms with Gasteiger partial charge in [-0.3, -0.25) is 9.98 Å². The highest BCUT2D eigenvalue weighted by Gasteiger charge is 2.20. The van der Waals surface area contributed by atoms with Crippen molar-refractivity contribution in [2.45, 2.75) is 6.10 Å². The lowest BCUT2D eigenvalue weighted by Crippen LogP contribution is -2.51. The van der Waals surface area contributed by atoms with Gasteiger partial charge in [0.15, 0.2) is 11.1 Å². The van der Waals surface area contributed by atoms with Crippen molar-refractivity contribution >= 4 is 22.4 Å². The van der Waals surface area contributed by atoms with E-state index in [2.05, 4.69) is 19.9 Å². The molecule has 0 spiro atoms. The van der Waals surface area contributed by atoms with Crippen LogP contribution in [-0.2, 0) is 0 Å². The largest absolute Gasteiger partial charge is 0.386 e. The van der Waals surface area contributed by atoms with Gasteiger partial charge in [0, 0.05) is 50.1 Å². The Morgan fingerprint density at radius 1 is 1.26 bits per heavy atom. The first kappa shape index (κ1) is 15.7. The molecule has 3 rings (SSSR count). The number of thiazole rings is 1. The zero-order valence-corrected chi connectivity index (χ0v) is 13.6. The van der Waals surface area contributed by atoms with E-state index in [-0.39, 0.29) is 6.54 Å². The molecule has 122 valence electrons. The summed E-state index contributed by atoms with van der Waals surface area (Å²) in [6, 6.07) is 3.56. The summed E-state index contributed by atoms with van der Waals surface area (Å²) in [7, 11) is 0. The quantitative estimate of drug-likeness (QED) is 0.633. The summed E-state index contributed by atoms with van der Waals surface area (Å²) in [5.74, 6) is 0.483. The summed E-state index contributed by atoms with van der Waals surface area (Å²) in [5, 5.41) is 13.1. The van der Waals surface area contributed by atoms with Crippen LogP contribution in [0.3, 0.4) is 0 Å². The fraction of sp³-hybridized carbons (Fsp3) is 0.400. The summed E-state index contributed by atoms with van der Waals surface area (Å²) in [5.41, 5.74) is 6.86. The first-order chi connectivity index (χ1) is 11.2. The Morgan fingerprint density at radius 2 is 2.00 bits per heavy atom. The van der Waals surface area contributed by atoms with E-state index < -0.39 is 6.10 Å². The number of aliphatic hydroxyl groups excluding tert-OH is 1. The van der Waals surface area contributed by atoms with Crippen LogP contribution in [0.2, 0.25) is 0 Å². The second-order valence-corrected chi connectivity index (χ2v) is 6.16. The van der Waals surface area contributed by atoms with E-state index in [1.54, 1.807) is 35.9 Å². The lowest BCUT2D eigenvalue weighted by Gasteiger charge is -2.35. The van der Waals surface area contributed by atoms with Gasteiger partial charge in [0.2, 0.25) is 0 Å². The molecule has 1 aliphatic heterocycles. The van der Waals surface area contributed by atoms with Gasteiger partial charge in [0.05, 0.1) is 12.6 Å². The van der Waals surface area contributed by atoms with Crippen LogP contribution < -0.4 is 10.6 Å². The third-order valence-corrected chi connectivity index (χ3v) is 4.64. The van der Waals surface area contributed by atoms with Crippen molar-refractivity contribution in [3.63, 3.8) is 0 Å². The minimum absolute atomic E-state index is 0.253. The number of guanidine groups is 1. The SMILES string of the molecule is NC(=NCC(O)c1ccncc1)N1CCN(c2nccs2)CC1. The number of nitrogens with zero attached hydrogens (tertiary/aromatic N) is 5. The van der Waals surface area contributed by atoms with Crippen LogP contribution in [-0.4, -0.2) is 58.7 Å². The molecule has 0 aromatic carbocycles. The van der Waals surface area contributed by atoms with Gasteiger partial charge in [-0.2, -0.15) is 0 Å². The van der Waals surface area contributed by atoms with Crippen molar-refractivity contribution in [1.82, 2.24) is 14.9 Å². The maximum absolute atomic E-state index is 10.1. The predicted octanol–water partition coefficient (Wildman–Crippen LogP) is 0.708. The minimum Gasteiger partial charge on any atom is -0.386 e. The maximum Gasteiger partial charge on any atom is 0.191 e. The summed E-state index contributed by atoms with van der Waals surface area (Å²) in [6.07, 6.45) is 4.48. The van der Waals surface area contributed by atoms with E-state index >= 15 is 0 Å². The Labute approximate surface area is 139 Å². The van der Waals surface area contributed by atoms with Gasteiger partial charge in [0.25, 0.3) is 0 Å². The van der Waals surface area contributed by atoms with Gasteiger partial charge in [-0.15, -0.1) is 11.3 Å².